The van der Waals surface area contributed by atoms with E-state index in [-0.39, 0.29) is 12.1 Å². The van der Waals surface area contributed by atoms with Crippen LogP contribution in [0, 0.1) is 17.1 Å². The van der Waals surface area contributed by atoms with Crippen molar-refractivity contribution in [3.63, 3.8) is 0 Å². The Kier molecular flexibility index (Phi) is 5.67. The summed E-state index contributed by atoms with van der Waals surface area (Å²) in [6.45, 7) is 2.41. The molecule has 2 bridgehead atoms. The van der Waals surface area contributed by atoms with Crippen LogP contribution in [-0.4, -0.2) is 55.1 Å². The summed E-state index contributed by atoms with van der Waals surface area (Å²) >= 11 is 0. The lowest BCUT2D eigenvalue weighted by Crippen LogP contribution is -2.56. The smallest absolute Gasteiger partial charge is 0.237 e. The van der Waals surface area contributed by atoms with Crippen LogP contribution < -0.4 is 4.90 Å². The average Bonchev–Trinajstić information content (AvgIpc) is 3.02. The van der Waals surface area contributed by atoms with E-state index in [1.54, 1.807) is 11.0 Å². The van der Waals surface area contributed by atoms with E-state index in [9.17, 15) is 17.6 Å². The highest BCUT2D eigenvalue weighted by molar-refractivity contribution is 7.92. The maximum Gasteiger partial charge on any atom is 0.237 e. The third-order valence-electron chi connectivity index (χ3n) is 6.18. The first kappa shape index (κ1) is 21.2. The van der Waals surface area contributed by atoms with Gasteiger partial charge < -0.3 is 9.80 Å². The maximum absolute atomic E-state index is 13.1. The van der Waals surface area contributed by atoms with Gasteiger partial charge in [-0.15, -0.1) is 0 Å². The fraction of sp³-hybridized carbons (Fsp3) is 0.409. The van der Waals surface area contributed by atoms with Gasteiger partial charge in [0.2, 0.25) is 5.91 Å². The number of anilines is 1. The Morgan fingerprint density at radius 3 is 2.39 bits per heavy atom. The number of piperazine rings is 1. The standard InChI is InChI=1S/C22H23FN4O3S/c1-15(17-3-5-18(23)6-4-17)31(29,30)14-22(28)26-12-19-7-8-20(13-26)27(19)21-9-2-16(10-24)11-25-21/h2-6,9,11,15,19-20H,7-8,12-14H2,1H3. The molecule has 3 heterocycles. The van der Waals surface area contributed by atoms with Gasteiger partial charge in [-0.05, 0) is 49.6 Å². The van der Waals surface area contributed by atoms with Crippen molar-refractivity contribution in [1.29, 1.82) is 5.26 Å². The Balaban J connectivity index is 1.43. The van der Waals surface area contributed by atoms with Crippen molar-refractivity contribution in [3.05, 3.63) is 59.5 Å². The predicted molar refractivity (Wildman–Crippen MR) is 113 cm³/mol. The minimum Gasteiger partial charge on any atom is -0.347 e. The monoisotopic (exact) mass is 442 g/mol. The molecule has 1 aromatic carbocycles. The van der Waals surface area contributed by atoms with Crippen molar-refractivity contribution >= 4 is 21.6 Å². The fourth-order valence-corrected chi connectivity index (χ4v) is 5.76. The fourth-order valence-electron chi connectivity index (χ4n) is 4.42. The van der Waals surface area contributed by atoms with Gasteiger partial charge in [-0.2, -0.15) is 5.26 Å². The van der Waals surface area contributed by atoms with Gasteiger partial charge in [-0.3, -0.25) is 4.79 Å². The molecular weight excluding hydrogens is 419 g/mol. The lowest BCUT2D eigenvalue weighted by atomic mass is 10.1. The summed E-state index contributed by atoms with van der Waals surface area (Å²) < 4.78 is 38.7. The van der Waals surface area contributed by atoms with Gasteiger partial charge in [-0.25, -0.2) is 17.8 Å². The molecule has 2 saturated heterocycles. The van der Waals surface area contributed by atoms with E-state index >= 15 is 0 Å². The van der Waals surface area contributed by atoms with E-state index in [2.05, 4.69) is 16.0 Å². The van der Waals surface area contributed by atoms with Crippen LogP contribution in [0.5, 0.6) is 0 Å². The lowest BCUT2D eigenvalue weighted by Gasteiger charge is -2.41. The number of nitrogens with zero attached hydrogens (tertiary/aromatic N) is 4. The topological polar surface area (TPSA) is 94.4 Å². The molecule has 4 rings (SSSR count). The molecule has 1 aromatic heterocycles. The molecule has 7 nitrogen and oxygen atoms in total. The molecule has 3 atom stereocenters. The van der Waals surface area contributed by atoms with Crippen LogP contribution in [0.3, 0.4) is 0 Å². The van der Waals surface area contributed by atoms with Gasteiger partial charge in [-0.1, -0.05) is 12.1 Å². The Morgan fingerprint density at radius 2 is 1.84 bits per heavy atom. The van der Waals surface area contributed by atoms with Crippen molar-refractivity contribution in [3.8, 4) is 6.07 Å². The molecule has 0 spiro atoms. The first-order valence-corrected chi connectivity index (χ1v) is 11.9. The van der Waals surface area contributed by atoms with Crippen LogP contribution in [0.1, 0.15) is 36.1 Å². The number of amides is 1. The zero-order valence-corrected chi connectivity index (χ0v) is 17.9. The summed E-state index contributed by atoms with van der Waals surface area (Å²) in [7, 11) is -3.73. The predicted octanol–water partition coefficient (Wildman–Crippen LogP) is 2.45. The third kappa shape index (κ3) is 4.26. The van der Waals surface area contributed by atoms with Gasteiger partial charge in [0.15, 0.2) is 9.84 Å². The minimum atomic E-state index is -3.73. The molecule has 2 aromatic rings. The second kappa shape index (κ2) is 8.27. The number of sulfone groups is 1. The molecule has 0 N–H and O–H groups in total. The summed E-state index contributed by atoms with van der Waals surface area (Å²) in [4.78, 5) is 21.1. The molecule has 3 unspecified atom stereocenters. The Hall–Kier alpha value is -2.99. The number of likely N-dealkylation sites (tertiary alicyclic amines) is 1. The average molecular weight is 443 g/mol. The Bertz CT molecular complexity index is 1100. The van der Waals surface area contributed by atoms with Gasteiger partial charge in [0.25, 0.3) is 0 Å². The van der Waals surface area contributed by atoms with Crippen LogP contribution >= 0.6 is 0 Å². The van der Waals surface area contributed by atoms with E-state index in [0.717, 1.165) is 18.7 Å². The summed E-state index contributed by atoms with van der Waals surface area (Å²) in [5, 5.41) is 8.06. The summed E-state index contributed by atoms with van der Waals surface area (Å²) in [5.41, 5.74) is 0.955. The third-order valence-corrected chi connectivity index (χ3v) is 8.18. The van der Waals surface area contributed by atoms with E-state index < -0.39 is 32.6 Å². The largest absolute Gasteiger partial charge is 0.347 e. The van der Waals surface area contributed by atoms with Gasteiger partial charge in [0.05, 0.1) is 10.8 Å². The molecule has 0 saturated carbocycles. The second-order valence-electron chi connectivity index (χ2n) is 8.11. The van der Waals surface area contributed by atoms with Crippen LogP contribution in [0.4, 0.5) is 10.2 Å². The SMILES string of the molecule is CC(c1ccc(F)cc1)S(=O)(=O)CC(=O)N1CC2CCC(C1)N2c1ccc(C#N)cn1. The van der Waals surface area contributed by atoms with Crippen molar-refractivity contribution in [2.24, 2.45) is 0 Å². The van der Waals surface area contributed by atoms with Crippen LogP contribution in [0.25, 0.3) is 0 Å². The number of nitriles is 1. The first-order valence-electron chi connectivity index (χ1n) is 10.2. The number of halogens is 1. The number of carbonyl (C=O) groups is 1. The summed E-state index contributed by atoms with van der Waals surface area (Å²) in [6, 6.07) is 11.0. The van der Waals surface area contributed by atoms with Crippen molar-refractivity contribution in [2.45, 2.75) is 37.1 Å². The maximum atomic E-state index is 13.1. The molecule has 0 aliphatic carbocycles. The molecule has 2 fully saturated rings. The van der Waals surface area contributed by atoms with Crippen LogP contribution in [-0.2, 0) is 14.6 Å². The number of benzene rings is 1. The highest BCUT2D eigenvalue weighted by Crippen LogP contribution is 2.34. The highest BCUT2D eigenvalue weighted by atomic mass is 32.2. The van der Waals surface area contributed by atoms with E-state index in [0.29, 0.717) is 24.2 Å². The molecule has 0 radical (unpaired) electrons. The van der Waals surface area contributed by atoms with Crippen molar-refractivity contribution in [2.75, 3.05) is 23.7 Å². The van der Waals surface area contributed by atoms with Crippen LogP contribution in [0.2, 0.25) is 0 Å². The minimum absolute atomic E-state index is 0.0698. The van der Waals surface area contributed by atoms with Gasteiger partial charge >= 0.3 is 0 Å². The molecule has 2 aliphatic heterocycles. The van der Waals surface area contributed by atoms with E-state index in [1.807, 2.05) is 6.07 Å². The number of aromatic nitrogens is 1. The number of fused-ring (bicyclic) bond motifs is 2. The molecule has 31 heavy (non-hydrogen) atoms. The van der Waals surface area contributed by atoms with Crippen molar-refractivity contribution < 1.29 is 17.6 Å². The van der Waals surface area contributed by atoms with Gasteiger partial charge in [0.1, 0.15) is 23.5 Å². The molecule has 2 aliphatic rings. The Labute approximate surface area is 181 Å². The quantitative estimate of drug-likeness (QED) is 0.706. The zero-order chi connectivity index (χ0) is 22.2. The summed E-state index contributed by atoms with van der Waals surface area (Å²) in [5.74, 6) is -0.635. The number of hydrogen-bond acceptors (Lipinski definition) is 6. The molecule has 9 heteroatoms. The zero-order valence-electron chi connectivity index (χ0n) is 17.1. The van der Waals surface area contributed by atoms with E-state index in [4.69, 9.17) is 5.26 Å². The number of hydrogen-bond donors (Lipinski definition) is 0. The Morgan fingerprint density at radius 1 is 1.19 bits per heavy atom. The number of rotatable bonds is 5. The second-order valence-corrected chi connectivity index (χ2v) is 10.4. The van der Waals surface area contributed by atoms with Crippen molar-refractivity contribution in [1.82, 2.24) is 9.88 Å². The van der Waals surface area contributed by atoms with Crippen LogP contribution in [0.15, 0.2) is 42.6 Å². The lowest BCUT2D eigenvalue weighted by molar-refractivity contribution is -0.129. The number of pyridine rings is 1. The molecular formula is C22H23FN4O3S. The normalized spacial score (nSPS) is 21.6. The number of carbonyl (C=O) groups excluding carboxylic acids is 1. The van der Waals surface area contributed by atoms with E-state index in [1.165, 1.54) is 37.4 Å². The molecule has 1 amide bonds. The highest BCUT2D eigenvalue weighted by Gasteiger charge is 2.42. The molecule has 162 valence electrons. The summed E-state index contributed by atoms with van der Waals surface area (Å²) in [6.07, 6.45) is 3.33. The first-order chi connectivity index (χ1) is 14.8. The van der Waals surface area contributed by atoms with Gasteiger partial charge in [0, 0.05) is 31.4 Å².